The summed E-state index contributed by atoms with van der Waals surface area (Å²) < 4.78 is 0. The summed E-state index contributed by atoms with van der Waals surface area (Å²) in [5, 5.41) is 2.80. The zero-order valence-electron chi connectivity index (χ0n) is 10.5. The van der Waals surface area contributed by atoms with Gasteiger partial charge in [0.05, 0.1) is 12.1 Å². The summed E-state index contributed by atoms with van der Waals surface area (Å²) >= 11 is 1.51. The Morgan fingerprint density at radius 3 is 3.05 bits per heavy atom. The van der Waals surface area contributed by atoms with Gasteiger partial charge >= 0.3 is 0 Å². The molecule has 0 saturated carbocycles. The second-order valence-electron chi connectivity index (χ2n) is 4.54. The van der Waals surface area contributed by atoms with E-state index >= 15 is 0 Å². The molecular weight excluding hydrogens is 258 g/mol. The van der Waals surface area contributed by atoms with Crippen molar-refractivity contribution in [2.45, 2.75) is 19.4 Å². The summed E-state index contributed by atoms with van der Waals surface area (Å²) in [5.41, 5.74) is 8.64. The summed E-state index contributed by atoms with van der Waals surface area (Å²) in [6.07, 6.45) is 1.29. The molecule has 2 aromatic rings. The van der Waals surface area contributed by atoms with Crippen LogP contribution in [0.15, 0.2) is 29.6 Å². The predicted molar refractivity (Wildman–Crippen MR) is 76.2 cm³/mol. The number of amides is 1. The third-order valence-corrected chi connectivity index (χ3v) is 4.21. The van der Waals surface area contributed by atoms with Crippen LogP contribution in [0.1, 0.15) is 16.3 Å². The van der Waals surface area contributed by atoms with Crippen LogP contribution in [-0.2, 0) is 24.2 Å². The van der Waals surface area contributed by atoms with E-state index < -0.39 is 0 Å². The molecule has 0 radical (unpaired) electrons. The number of benzene rings is 1. The molecule has 0 aliphatic carbocycles. The van der Waals surface area contributed by atoms with Gasteiger partial charge in [-0.2, -0.15) is 0 Å². The van der Waals surface area contributed by atoms with Crippen LogP contribution in [0.25, 0.3) is 0 Å². The van der Waals surface area contributed by atoms with E-state index in [1.165, 1.54) is 16.9 Å². The molecule has 4 nitrogen and oxygen atoms in total. The maximum atomic E-state index is 12.3. The van der Waals surface area contributed by atoms with Gasteiger partial charge in [-0.1, -0.05) is 18.2 Å². The molecule has 0 bridgehead atoms. The molecule has 0 unspecified atom stereocenters. The summed E-state index contributed by atoms with van der Waals surface area (Å²) in [6, 6.07) is 8.07. The number of anilines is 1. The number of hydrogen-bond donors (Lipinski definition) is 1. The molecule has 1 aromatic heterocycles. The van der Waals surface area contributed by atoms with Crippen molar-refractivity contribution in [3.63, 3.8) is 0 Å². The van der Waals surface area contributed by atoms with Crippen LogP contribution in [0.2, 0.25) is 0 Å². The number of thiazole rings is 1. The topological polar surface area (TPSA) is 59.2 Å². The van der Waals surface area contributed by atoms with E-state index in [0.29, 0.717) is 13.0 Å². The molecule has 1 aliphatic heterocycles. The third kappa shape index (κ3) is 2.39. The van der Waals surface area contributed by atoms with Gasteiger partial charge in [0.1, 0.15) is 5.01 Å². The van der Waals surface area contributed by atoms with Crippen LogP contribution in [0.3, 0.4) is 0 Å². The van der Waals surface area contributed by atoms with Gasteiger partial charge in [-0.15, -0.1) is 11.3 Å². The molecule has 0 spiro atoms. The largest absolute Gasteiger partial charge is 0.325 e. The lowest BCUT2D eigenvalue weighted by Gasteiger charge is -2.16. The number of nitrogens with zero attached hydrogens (tertiary/aromatic N) is 2. The average molecular weight is 273 g/mol. The summed E-state index contributed by atoms with van der Waals surface area (Å²) in [4.78, 5) is 18.5. The van der Waals surface area contributed by atoms with Crippen LogP contribution in [-0.4, -0.2) is 17.4 Å². The molecular formula is C14H15N3OS. The lowest BCUT2D eigenvalue weighted by atomic mass is 10.2. The number of nitrogens with two attached hydrogens (primary N) is 1. The lowest BCUT2D eigenvalue weighted by Crippen LogP contribution is -2.30. The Morgan fingerprint density at radius 1 is 1.42 bits per heavy atom. The Kier molecular flexibility index (Phi) is 3.31. The van der Waals surface area contributed by atoms with Gasteiger partial charge in [-0.3, -0.25) is 4.79 Å². The van der Waals surface area contributed by atoms with E-state index in [-0.39, 0.29) is 5.91 Å². The number of carbonyl (C=O) groups is 1. The molecule has 1 amide bonds. The average Bonchev–Trinajstić information content (AvgIpc) is 3.04. The first-order chi connectivity index (χ1) is 9.28. The van der Waals surface area contributed by atoms with Gasteiger partial charge in [-0.25, -0.2) is 4.98 Å². The molecule has 2 heterocycles. The SMILES string of the molecule is NCc1nc(CC(=O)N2CCc3ccccc32)cs1. The van der Waals surface area contributed by atoms with Crippen molar-refractivity contribution < 1.29 is 4.79 Å². The van der Waals surface area contributed by atoms with Crippen molar-refractivity contribution in [1.82, 2.24) is 4.98 Å². The van der Waals surface area contributed by atoms with Crippen LogP contribution in [0.5, 0.6) is 0 Å². The number of hydrogen-bond acceptors (Lipinski definition) is 4. The van der Waals surface area contributed by atoms with Gasteiger partial charge in [0, 0.05) is 24.2 Å². The standard InChI is InChI=1S/C14H15N3OS/c15-8-13-16-11(9-19-13)7-14(18)17-6-5-10-3-1-2-4-12(10)17/h1-4,9H,5-8,15H2. The fraction of sp³-hybridized carbons (Fsp3) is 0.286. The second-order valence-corrected chi connectivity index (χ2v) is 5.48. The highest BCUT2D eigenvalue weighted by Gasteiger charge is 2.24. The Balaban J connectivity index is 1.75. The minimum Gasteiger partial charge on any atom is -0.325 e. The quantitative estimate of drug-likeness (QED) is 0.926. The monoisotopic (exact) mass is 273 g/mol. The van der Waals surface area contributed by atoms with Crippen molar-refractivity contribution in [3.05, 3.63) is 45.9 Å². The second kappa shape index (κ2) is 5.11. The van der Waals surface area contributed by atoms with Crippen molar-refractivity contribution in [2.24, 2.45) is 5.73 Å². The highest BCUT2D eigenvalue weighted by molar-refractivity contribution is 7.09. The third-order valence-electron chi connectivity index (χ3n) is 3.29. The highest BCUT2D eigenvalue weighted by atomic mass is 32.1. The number of carbonyl (C=O) groups excluding carboxylic acids is 1. The maximum Gasteiger partial charge on any atom is 0.233 e. The van der Waals surface area contributed by atoms with E-state index in [4.69, 9.17) is 5.73 Å². The van der Waals surface area contributed by atoms with Gasteiger partial charge < -0.3 is 10.6 Å². The molecule has 3 rings (SSSR count). The molecule has 19 heavy (non-hydrogen) atoms. The zero-order valence-corrected chi connectivity index (χ0v) is 11.3. The summed E-state index contributed by atoms with van der Waals surface area (Å²) in [6.45, 7) is 1.21. The van der Waals surface area contributed by atoms with E-state index in [1.807, 2.05) is 28.5 Å². The first-order valence-electron chi connectivity index (χ1n) is 6.29. The Hall–Kier alpha value is -1.72. The molecule has 0 saturated heterocycles. The minimum atomic E-state index is 0.110. The predicted octanol–water partition coefficient (Wildman–Crippen LogP) is 1.73. The molecule has 5 heteroatoms. The van der Waals surface area contributed by atoms with Gasteiger partial charge in [-0.05, 0) is 18.1 Å². The molecule has 1 aliphatic rings. The number of fused-ring (bicyclic) bond motifs is 1. The van der Waals surface area contributed by atoms with E-state index in [9.17, 15) is 4.79 Å². The number of rotatable bonds is 3. The normalized spacial score (nSPS) is 13.6. The lowest BCUT2D eigenvalue weighted by molar-refractivity contribution is -0.117. The number of aromatic nitrogens is 1. The smallest absolute Gasteiger partial charge is 0.233 e. The van der Waals surface area contributed by atoms with Crippen LogP contribution in [0.4, 0.5) is 5.69 Å². The molecule has 2 N–H and O–H groups in total. The van der Waals surface area contributed by atoms with E-state index in [0.717, 1.165) is 29.4 Å². The van der Waals surface area contributed by atoms with Crippen LogP contribution >= 0.6 is 11.3 Å². The van der Waals surface area contributed by atoms with E-state index in [1.54, 1.807) is 0 Å². The zero-order chi connectivity index (χ0) is 13.2. The minimum absolute atomic E-state index is 0.110. The molecule has 0 fully saturated rings. The van der Waals surface area contributed by atoms with Crippen LogP contribution in [0, 0.1) is 0 Å². The van der Waals surface area contributed by atoms with Crippen LogP contribution < -0.4 is 10.6 Å². The van der Waals surface area contributed by atoms with Gasteiger partial charge in [0.15, 0.2) is 0 Å². The molecule has 1 aromatic carbocycles. The fourth-order valence-corrected chi connectivity index (χ4v) is 3.05. The summed E-state index contributed by atoms with van der Waals surface area (Å²) in [7, 11) is 0. The van der Waals surface area contributed by atoms with E-state index in [2.05, 4.69) is 11.1 Å². The Morgan fingerprint density at radius 2 is 2.26 bits per heavy atom. The highest BCUT2D eigenvalue weighted by Crippen LogP contribution is 2.28. The first kappa shape index (κ1) is 12.3. The molecule has 0 atom stereocenters. The Labute approximate surface area is 115 Å². The molecule has 98 valence electrons. The van der Waals surface area contributed by atoms with Gasteiger partial charge in [0.2, 0.25) is 5.91 Å². The number of para-hydroxylation sites is 1. The van der Waals surface area contributed by atoms with Crippen molar-refractivity contribution in [3.8, 4) is 0 Å². The fourth-order valence-electron chi connectivity index (χ4n) is 2.37. The van der Waals surface area contributed by atoms with Crippen molar-refractivity contribution >= 4 is 22.9 Å². The van der Waals surface area contributed by atoms with Crippen molar-refractivity contribution in [2.75, 3.05) is 11.4 Å². The summed E-state index contributed by atoms with van der Waals surface area (Å²) in [5.74, 6) is 0.110. The van der Waals surface area contributed by atoms with Crippen molar-refractivity contribution in [1.29, 1.82) is 0 Å². The van der Waals surface area contributed by atoms with Gasteiger partial charge in [0.25, 0.3) is 0 Å². The first-order valence-corrected chi connectivity index (χ1v) is 7.17. The Bertz CT molecular complexity index is 608. The maximum absolute atomic E-state index is 12.3.